The largest absolute Gasteiger partial charge is 0.302 e. The highest BCUT2D eigenvalue weighted by Crippen LogP contribution is 2.28. The molecular formula is C19H28N6. The van der Waals surface area contributed by atoms with Gasteiger partial charge < -0.3 is 9.80 Å². The van der Waals surface area contributed by atoms with Gasteiger partial charge in [0.15, 0.2) is 11.5 Å². The molecular weight excluding hydrogens is 312 g/mol. The molecule has 0 saturated carbocycles. The third kappa shape index (κ3) is 3.06. The van der Waals surface area contributed by atoms with Crippen LogP contribution in [-0.2, 0) is 12.8 Å². The van der Waals surface area contributed by atoms with E-state index in [9.17, 15) is 0 Å². The maximum Gasteiger partial charge on any atom is 0.178 e. The van der Waals surface area contributed by atoms with E-state index in [4.69, 9.17) is 5.10 Å². The van der Waals surface area contributed by atoms with Crippen molar-refractivity contribution in [3.8, 4) is 0 Å². The molecule has 4 heterocycles. The van der Waals surface area contributed by atoms with Crippen molar-refractivity contribution >= 4 is 5.65 Å². The molecule has 0 radical (unpaired) electrons. The summed E-state index contributed by atoms with van der Waals surface area (Å²) in [6.07, 6.45) is 8.62. The van der Waals surface area contributed by atoms with Crippen molar-refractivity contribution in [2.45, 2.75) is 50.9 Å². The lowest BCUT2D eigenvalue weighted by Gasteiger charge is -2.32. The summed E-state index contributed by atoms with van der Waals surface area (Å²) in [4.78, 5) is 5.24. The molecule has 0 atom stereocenters. The van der Waals surface area contributed by atoms with E-state index in [2.05, 4.69) is 26.1 Å². The third-order valence-corrected chi connectivity index (χ3v) is 6.33. The molecule has 3 aliphatic rings. The van der Waals surface area contributed by atoms with Gasteiger partial charge in [0.1, 0.15) is 0 Å². The molecule has 0 bridgehead atoms. The molecule has 6 nitrogen and oxygen atoms in total. The Kier molecular flexibility index (Phi) is 4.18. The van der Waals surface area contributed by atoms with Gasteiger partial charge in [0.25, 0.3) is 0 Å². The number of likely N-dealkylation sites (tertiary alicyclic amines) is 2. The maximum absolute atomic E-state index is 4.87. The molecule has 2 aliphatic heterocycles. The van der Waals surface area contributed by atoms with Gasteiger partial charge in [-0.25, -0.2) is 0 Å². The molecule has 2 aromatic rings. The Balaban J connectivity index is 1.24. The molecule has 2 saturated heterocycles. The van der Waals surface area contributed by atoms with Crippen LogP contribution in [0.2, 0.25) is 0 Å². The van der Waals surface area contributed by atoms with Crippen molar-refractivity contribution in [3.63, 3.8) is 0 Å². The van der Waals surface area contributed by atoms with E-state index in [0.717, 1.165) is 24.3 Å². The van der Waals surface area contributed by atoms with E-state index in [1.165, 1.54) is 82.6 Å². The van der Waals surface area contributed by atoms with Gasteiger partial charge in [0, 0.05) is 19.0 Å². The first kappa shape index (κ1) is 15.7. The van der Waals surface area contributed by atoms with Crippen LogP contribution in [0.15, 0.2) is 6.07 Å². The highest BCUT2D eigenvalue weighted by molar-refractivity contribution is 5.43. The van der Waals surface area contributed by atoms with Crippen LogP contribution in [0.5, 0.6) is 0 Å². The summed E-state index contributed by atoms with van der Waals surface area (Å²) in [5, 5.41) is 13.8. The van der Waals surface area contributed by atoms with Crippen LogP contribution in [0.25, 0.3) is 5.65 Å². The Morgan fingerprint density at radius 2 is 1.64 bits per heavy atom. The minimum absolute atomic E-state index is 0.505. The second kappa shape index (κ2) is 6.65. The highest BCUT2D eigenvalue weighted by atomic mass is 15.4. The summed E-state index contributed by atoms with van der Waals surface area (Å²) >= 11 is 0. The van der Waals surface area contributed by atoms with Gasteiger partial charge in [-0.15, -0.1) is 10.2 Å². The van der Waals surface area contributed by atoms with Crippen molar-refractivity contribution in [3.05, 3.63) is 23.1 Å². The fraction of sp³-hybridized carbons (Fsp3) is 0.737. The molecule has 5 rings (SSSR count). The van der Waals surface area contributed by atoms with Crippen molar-refractivity contribution in [1.82, 2.24) is 29.6 Å². The van der Waals surface area contributed by atoms with Crippen molar-refractivity contribution < 1.29 is 0 Å². The topological polar surface area (TPSA) is 49.6 Å². The fourth-order valence-electron chi connectivity index (χ4n) is 4.75. The van der Waals surface area contributed by atoms with Gasteiger partial charge in [-0.1, -0.05) is 0 Å². The van der Waals surface area contributed by atoms with Crippen LogP contribution in [-0.4, -0.2) is 68.9 Å². The zero-order valence-corrected chi connectivity index (χ0v) is 15.0. The first-order chi connectivity index (χ1) is 12.4. The monoisotopic (exact) mass is 340 g/mol. The highest BCUT2D eigenvalue weighted by Gasteiger charge is 2.26. The van der Waals surface area contributed by atoms with Gasteiger partial charge in [-0.3, -0.25) is 0 Å². The SMILES string of the molecule is c1c2c(nn3c(C4CCN(CCN5CCCC5)CC4)nnc13)CCC2. The second-order valence-electron chi connectivity index (χ2n) is 7.96. The smallest absolute Gasteiger partial charge is 0.178 e. The summed E-state index contributed by atoms with van der Waals surface area (Å²) in [6.45, 7) is 7.43. The van der Waals surface area contributed by atoms with Crippen LogP contribution < -0.4 is 0 Å². The van der Waals surface area contributed by atoms with Gasteiger partial charge in [0.05, 0.1) is 5.69 Å². The first-order valence-electron chi connectivity index (χ1n) is 10.1. The van der Waals surface area contributed by atoms with Gasteiger partial charge in [-0.05, 0) is 82.8 Å². The quantitative estimate of drug-likeness (QED) is 0.851. The molecule has 134 valence electrons. The minimum atomic E-state index is 0.505. The van der Waals surface area contributed by atoms with E-state index in [-0.39, 0.29) is 0 Å². The van der Waals surface area contributed by atoms with Gasteiger partial charge >= 0.3 is 0 Å². The van der Waals surface area contributed by atoms with E-state index >= 15 is 0 Å². The summed E-state index contributed by atoms with van der Waals surface area (Å²) in [6, 6.07) is 2.21. The lowest BCUT2D eigenvalue weighted by molar-refractivity contribution is 0.182. The Morgan fingerprint density at radius 1 is 0.880 bits per heavy atom. The molecule has 0 N–H and O–H groups in total. The average molecular weight is 340 g/mol. The zero-order valence-electron chi connectivity index (χ0n) is 15.0. The van der Waals surface area contributed by atoms with E-state index < -0.39 is 0 Å². The number of piperidine rings is 1. The number of fused-ring (bicyclic) bond motifs is 2. The molecule has 0 aromatic carbocycles. The molecule has 1 aliphatic carbocycles. The lowest BCUT2D eigenvalue weighted by atomic mass is 9.96. The van der Waals surface area contributed by atoms with Gasteiger partial charge in [0.2, 0.25) is 0 Å². The van der Waals surface area contributed by atoms with E-state index in [0.29, 0.717) is 5.92 Å². The van der Waals surface area contributed by atoms with E-state index in [1.807, 2.05) is 4.52 Å². The predicted octanol–water partition coefficient (Wildman–Crippen LogP) is 1.89. The molecule has 25 heavy (non-hydrogen) atoms. The Labute approximate surface area is 149 Å². The van der Waals surface area contributed by atoms with Gasteiger partial charge in [-0.2, -0.15) is 9.61 Å². The standard InChI is InChI=1S/C19H28N6/c1-2-9-23(8-1)12-13-24-10-6-15(7-11-24)19-21-20-18-14-16-4-3-5-17(16)22-25(18)19/h14-15H,1-13H2. The third-order valence-electron chi connectivity index (χ3n) is 6.33. The zero-order chi connectivity index (χ0) is 16.6. The fourth-order valence-corrected chi connectivity index (χ4v) is 4.75. The second-order valence-corrected chi connectivity index (χ2v) is 7.96. The Hall–Kier alpha value is -1.53. The number of aryl methyl sites for hydroxylation is 2. The maximum atomic E-state index is 4.87. The summed E-state index contributed by atoms with van der Waals surface area (Å²) in [5.74, 6) is 1.59. The van der Waals surface area contributed by atoms with Crippen LogP contribution in [0.3, 0.4) is 0 Å². The molecule has 0 amide bonds. The average Bonchev–Trinajstić information content (AvgIpc) is 3.38. The van der Waals surface area contributed by atoms with Crippen LogP contribution >= 0.6 is 0 Å². The first-order valence-corrected chi connectivity index (χ1v) is 10.1. The van der Waals surface area contributed by atoms with Crippen LogP contribution in [0, 0.1) is 0 Å². The lowest BCUT2D eigenvalue weighted by Crippen LogP contribution is -2.38. The van der Waals surface area contributed by atoms with Crippen LogP contribution in [0.1, 0.15) is 55.1 Å². The number of aromatic nitrogens is 4. The molecule has 6 heteroatoms. The summed E-state index contributed by atoms with van der Waals surface area (Å²) in [5.41, 5.74) is 3.58. The normalized spacial score (nSPS) is 22.9. The van der Waals surface area contributed by atoms with E-state index in [1.54, 1.807) is 0 Å². The number of rotatable bonds is 4. The number of hydrogen-bond acceptors (Lipinski definition) is 5. The summed E-state index contributed by atoms with van der Waals surface area (Å²) in [7, 11) is 0. The Morgan fingerprint density at radius 3 is 2.44 bits per heavy atom. The number of nitrogens with zero attached hydrogens (tertiary/aromatic N) is 6. The molecule has 2 aromatic heterocycles. The molecule has 0 spiro atoms. The number of hydrogen-bond donors (Lipinski definition) is 0. The summed E-state index contributed by atoms with van der Waals surface area (Å²) < 4.78 is 2.04. The predicted molar refractivity (Wildman–Crippen MR) is 96.9 cm³/mol. The van der Waals surface area contributed by atoms with Crippen LogP contribution in [0.4, 0.5) is 0 Å². The van der Waals surface area contributed by atoms with Crippen molar-refractivity contribution in [2.75, 3.05) is 39.3 Å². The molecule has 2 fully saturated rings. The van der Waals surface area contributed by atoms with Crippen molar-refractivity contribution in [2.24, 2.45) is 0 Å². The molecule has 0 unspecified atom stereocenters. The Bertz CT molecular complexity index is 740. The van der Waals surface area contributed by atoms with Crippen molar-refractivity contribution in [1.29, 1.82) is 0 Å². The minimum Gasteiger partial charge on any atom is -0.302 e.